The number of carbonyl (C=O) groups excluding carboxylic acids is 1. The zero-order chi connectivity index (χ0) is 10.4. The number of hydrogen-bond donors (Lipinski definition) is 3. The van der Waals surface area contributed by atoms with Crippen LogP contribution in [0.1, 0.15) is 6.42 Å². The summed E-state index contributed by atoms with van der Waals surface area (Å²) in [4.78, 5) is 10.7. The van der Waals surface area contributed by atoms with Crippen LogP contribution in [0.25, 0.3) is 0 Å². The number of hydroxylamine groups is 1. The molecule has 14 heavy (non-hydrogen) atoms. The van der Waals surface area contributed by atoms with Crippen molar-refractivity contribution < 1.29 is 10.0 Å². The van der Waals surface area contributed by atoms with Gasteiger partial charge in [-0.05, 0) is 28.1 Å². The summed E-state index contributed by atoms with van der Waals surface area (Å²) in [6.07, 6.45) is 0.234. The number of benzene rings is 1. The van der Waals surface area contributed by atoms with Crippen LogP contribution in [0.5, 0.6) is 0 Å². The van der Waals surface area contributed by atoms with Crippen LogP contribution < -0.4 is 10.8 Å². The summed E-state index contributed by atoms with van der Waals surface area (Å²) in [6, 6.07) is 7.63. The smallest absolute Gasteiger partial charge is 0.245 e. The number of halogens is 1. The summed E-state index contributed by atoms with van der Waals surface area (Å²) >= 11 is 3.37. The fourth-order valence-corrected chi connectivity index (χ4v) is 1.40. The van der Waals surface area contributed by atoms with E-state index in [9.17, 15) is 4.79 Å². The lowest BCUT2D eigenvalue weighted by Gasteiger charge is -2.06. The predicted molar refractivity (Wildman–Crippen MR) is 57.2 cm³/mol. The first-order valence-electron chi connectivity index (χ1n) is 4.15. The maximum Gasteiger partial charge on any atom is 0.245 e. The van der Waals surface area contributed by atoms with E-state index in [4.69, 9.17) is 5.21 Å². The van der Waals surface area contributed by atoms with E-state index >= 15 is 0 Å². The molecule has 5 heteroatoms. The molecule has 0 atom stereocenters. The van der Waals surface area contributed by atoms with Gasteiger partial charge in [-0.25, -0.2) is 5.48 Å². The number of nitrogens with one attached hydrogen (secondary N) is 2. The molecule has 0 saturated carbocycles. The molecular formula is C9H11BrN2O2. The first kappa shape index (κ1) is 11.0. The largest absolute Gasteiger partial charge is 0.384 e. The molecule has 3 N–H and O–H groups in total. The molecule has 0 aliphatic rings. The summed E-state index contributed by atoms with van der Waals surface area (Å²) in [7, 11) is 0. The van der Waals surface area contributed by atoms with Gasteiger partial charge in [0.2, 0.25) is 5.91 Å². The van der Waals surface area contributed by atoms with Gasteiger partial charge in [-0.15, -0.1) is 0 Å². The van der Waals surface area contributed by atoms with Gasteiger partial charge >= 0.3 is 0 Å². The molecule has 0 aliphatic carbocycles. The Morgan fingerprint density at radius 2 is 2.14 bits per heavy atom. The van der Waals surface area contributed by atoms with Crippen LogP contribution in [-0.4, -0.2) is 17.7 Å². The van der Waals surface area contributed by atoms with Crippen LogP contribution in [0.3, 0.4) is 0 Å². The summed E-state index contributed by atoms with van der Waals surface area (Å²) in [6.45, 7) is 0.481. The minimum Gasteiger partial charge on any atom is -0.384 e. The fraction of sp³-hybridized carbons (Fsp3) is 0.222. The van der Waals surface area contributed by atoms with Crippen LogP contribution in [0.2, 0.25) is 0 Å². The Balaban J connectivity index is 2.39. The molecule has 0 bridgehead atoms. The Morgan fingerprint density at radius 3 is 2.79 bits per heavy atom. The standard InChI is InChI=1S/C9H11BrN2O2/c10-7-3-1-2-4-8(7)11-6-5-9(13)12-14/h1-4,11,14H,5-6H2,(H,12,13). The van der Waals surface area contributed by atoms with Crippen LogP contribution in [0.15, 0.2) is 28.7 Å². The highest BCUT2D eigenvalue weighted by atomic mass is 79.9. The lowest BCUT2D eigenvalue weighted by Crippen LogP contribution is -2.21. The zero-order valence-corrected chi connectivity index (χ0v) is 9.04. The predicted octanol–water partition coefficient (Wildman–Crippen LogP) is 1.76. The van der Waals surface area contributed by atoms with Gasteiger partial charge in [0.15, 0.2) is 0 Å². The van der Waals surface area contributed by atoms with Gasteiger partial charge in [0.25, 0.3) is 0 Å². The lowest BCUT2D eigenvalue weighted by molar-refractivity contribution is -0.128. The molecule has 4 nitrogen and oxygen atoms in total. The molecule has 0 aromatic heterocycles. The van der Waals surface area contributed by atoms with Crippen molar-refractivity contribution in [2.45, 2.75) is 6.42 Å². The Hall–Kier alpha value is -1.07. The Morgan fingerprint density at radius 1 is 1.43 bits per heavy atom. The maximum absolute atomic E-state index is 10.7. The molecular weight excluding hydrogens is 248 g/mol. The van der Waals surface area contributed by atoms with Crippen LogP contribution in [0, 0.1) is 0 Å². The summed E-state index contributed by atoms with van der Waals surface area (Å²) in [5, 5.41) is 11.3. The second-order valence-corrected chi connectivity index (χ2v) is 3.55. The highest BCUT2D eigenvalue weighted by molar-refractivity contribution is 9.10. The molecule has 0 aliphatic heterocycles. The highest BCUT2D eigenvalue weighted by Crippen LogP contribution is 2.20. The Bertz CT molecular complexity index is 317. The van der Waals surface area contributed by atoms with Crippen molar-refractivity contribution in [3.05, 3.63) is 28.7 Å². The van der Waals surface area contributed by atoms with Crippen molar-refractivity contribution in [1.29, 1.82) is 0 Å². The minimum atomic E-state index is -0.399. The van der Waals surface area contributed by atoms with E-state index in [2.05, 4.69) is 21.2 Å². The molecule has 1 aromatic carbocycles. The summed E-state index contributed by atoms with van der Waals surface area (Å²) in [5.41, 5.74) is 2.50. The van der Waals surface area contributed by atoms with E-state index in [0.29, 0.717) is 6.54 Å². The summed E-state index contributed by atoms with van der Waals surface area (Å²) in [5.74, 6) is -0.399. The number of hydrogen-bond acceptors (Lipinski definition) is 3. The highest BCUT2D eigenvalue weighted by Gasteiger charge is 2.00. The van der Waals surface area contributed by atoms with E-state index in [1.165, 1.54) is 0 Å². The van der Waals surface area contributed by atoms with E-state index in [1.807, 2.05) is 24.3 Å². The van der Waals surface area contributed by atoms with Gasteiger partial charge in [-0.3, -0.25) is 10.0 Å². The van der Waals surface area contributed by atoms with Crippen LogP contribution >= 0.6 is 15.9 Å². The molecule has 1 aromatic rings. The van der Waals surface area contributed by atoms with Crippen LogP contribution in [-0.2, 0) is 4.79 Å². The maximum atomic E-state index is 10.7. The SMILES string of the molecule is O=C(CCNc1ccccc1Br)NO. The quantitative estimate of drug-likeness (QED) is 0.570. The molecule has 76 valence electrons. The number of carbonyl (C=O) groups is 1. The van der Waals surface area contributed by atoms with Crippen molar-refractivity contribution in [2.75, 3.05) is 11.9 Å². The molecule has 0 radical (unpaired) electrons. The second kappa shape index (κ2) is 5.62. The number of rotatable bonds is 4. The monoisotopic (exact) mass is 258 g/mol. The third-order valence-corrected chi connectivity index (χ3v) is 2.36. The van der Waals surface area contributed by atoms with Crippen LogP contribution in [0.4, 0.5) is 5.69 Å². The Labute approximate surface area is 90.4 Å². The molecule has 0 saturated heterocycles. The lowest BCUT2D eigenvalue weighted by atomic mass is 10.3. The number of para-hydroxylation sites is 1. The third-order valence-electron chi connectivity index (χ3n) is 1.67. The van der Waals surface area contributed by atoms with Gasteiger partial charge in [0, 0.05) is 23.1 Å². The van der Waals surface area contributed by atoms with Crippen molar-refractivity contribution in [3.8, 4) is 0 Å². The second-order valence-electron chi connectivity index (χ2n) is 2.69. The first-order valence-corrected chi connectivity index (χ1v) is 4.94. The average molecular weight is 259 g/mol. The van der Waals surface area contributed by atoms with E-state index in [0.717, 1.165) is 10.2 Å². The van der Waals surface area contributed by atoms with E-state index in [1.54, 1.807) is 5.48 Å². The first-order chi connectivity index (χ1) is 6.74. The Kier molecular flexibility index (Phi) is 4.42. The van der Waals surface area contributed by atoms with Gasteiger partial charge in [0.05, 0.1) is 0 Å². The molecule has 0 heterocycles. The number of amides is 1. The summed E-state index contributed by atoms with van der Waals surface area (Å²) < 4.78 is 0.949. The van der Waals surface area contributed by atoms with Gasteiger partial charge < -0.3 is 5.32 Å². The zero-order valence-electron chi connectivity index (χ0n) is 7.46. The fourth-order valence-electron chi connectivity index (χ4n) is 0.971. The normalized spacial score (nSPS) is 9.57. The third kappa shape index (κ3) is 3.35. The molecule has 0 unspecified atom stereocenters. The molecule has 0 spiro atoms. The minimum absolute atomic E-state index is 0.234. The topological polar surface area (TPSA) is 61.4 Å². The average Bonchev–Trinajstić information content (AvgIpc) is 2.20. The molecule has 1 amide bonds. The molecule has 1 rings (SSSR count). The number of anilines is 1. The van der Waals surface area contributed by atoms with Gasteiger partial charge in [0.1, 0.15) is 0 Å². The van der Waals surface area contributed by atoms with Crippen molar-refractivity contribution in [2.24, 2.45) is 0 Å². The molecule has 0 fully saturated rings. The van der Waals surface area contributed by atoms with Crippen molar-refractivity contribution in [1.82, 2.24) is 5.48 Å². The van der Waals surface area contributed by atoms with E-state index in [-0.39, 0.29) is 6.42 Å². The van der Waals surface area contributed by atoms with E-state index < -0.39 is 5.91 Å². The van der Waals surface area contributed by atoms with Gasteiger partial charge in [-0.1, -0.05) is 12.1 Å². The van der Waals surface area contributed by atoms with Gasteiger partial charge in [-0.2, -0.15) is 0 Å². The van der Waals surface area contributed by atoms with Crippen molar-refractivity contribution >= 4 is 27.5 Å². The van der Waals surface area contributed by atoms with Crippen molar-refractivity contribution in [3.63, 3.8) is 0 Å².